The van der Waals surface area contributed by atoms with E-state index in [1.165, 1.54) is 0 Å². The smallest absolute Gasteiger partial charge is 0.338 e. The Hall–Kier alpha value is -0.990. The normalized spacial score (nSPS) is 18.5. The summed E-state index contributed by atoms with van der Waals surface area (Å²) < 4.78 is 4.58. The number of hydrogen-bond donors (Lipinski definition) is 1. The number of aliphatic hydroxyl groups is 1. The van der Waals surface area contributed by atoms with E-state index in [4.69, 9.17) is 5.11 Å². The first-order valence-corrected chi connectivity index (χ1v) is 3.22. The van der Waals surface area contributed by atoms with Crippen LogP contribution in [0.5, 0.6) is 0 Å². The monoisotopic (exact) mass is 142 g/mol. The molecule has 0 fully saturated rings. The van der Waals surface area contributed by atoms with Crippen LogP contribution < -0.4 is 0 Å². The molecule has 0 aromatic heterocycles. The van der Waals surface area contributed by atoms with Crippen LogP contribution in [-0.4, -0.2) is 17.7 Å². The lowest BCUT2D eigenvalue weighted by molar-refractivity contribution is -0.136. The lowest BCUT2D eigenvalue weighted by Crippen LogP contribution is -2.05. The third-order valence-electron chi connectivity index (χ3n) is 1.45. The number of hydrogen-bond acceptors (Lipinski definition) is 3. The summed E-state index contributed by atoms with van der Waals surface area (Å²) in [6.45, 7) is 3.74. The van der Waals surface area contributed by atoms with Crippen LogP contribution in [-0.2, 0) is 9.53 Å². The molecule has 0 atom stereocenters. The van der Waals surface area contributed by atoms with E-state index >= 15 is 0 Å². The van der Waals surface area contributed by atoms with Crippen LogP contribution in [0.25, 0.3) is 0 Å². The summed E-state index contributed by atoms with van der Waals surface area (Å²) in [6, 6.07) is 0. The Bertz CT molecular complexity index is 191. The molecule has 0 spiro atoms. The molecule has 1 heterocycles. The number of carbonyl (C=O) groups excluding carboxylic acids is 1. The highest BCUT2D eigenvalue weighted by molar-refractivity contribution is 5.91. The van der Waals surface area contributed by atoms with Crippen LogP contribution in [0, 0.1) is 5.92 Å². The van der Waals surface area contributed by atoms with Crippen LogP contribution in [0.1, 0.15) is 13.8 Å². The maximum Gasteiger partial charge on any atom is 0.338 e. The minimum absolute atomic E-state index is 0.0480. The Morgan fingerprint density at radius 3 is 2.40 bits per heavy atom. The Labute approximate surface area is 59.3 Å². The van der Waals surface area contributed by atoms with E-state index in [-0.39, 0.29) is 24.3 Å². The largest absolute Gasteiger partial charge is 0.508 e. The van der Waals surface area contributed by atoms with Crippen molar-refractivity contribution in [1.82, 2.24) is 0 Å². The molecule has 10 heavy (non-hydrogen) atoms. The SMILES string of the molecule is CC(C)C1=C(O)COC1=O. The van der Waals surface area contributed by atoms with Gasteiger partial charge in [0.2, 0.25) is 0 Å². The van der Waals surface area contributed by atoms with Crippen molar-refractivity contribution in [3.05, 3.63) is 11.3 Å². The van der Waals surface area contributed by atoms with E-state index in [0.717, 1.165) is 0 Å². The first-order valence-electron chi connectivity index (χ1n) is 3.22. The van der Waals surface area contributed by atoms with Crippen molar-refractivity contribution in [1.29, 1.82) is 0 Å². The Kier molecular flexibility index (Phi) is 1.66. The second-order valence-corrected chi connectivity index (χ2v) is 2.59. The van der Waals surface area contributed by atoms with Crippen LogP contribution in [0.3, 0.4) is 0 Å². The average molecular weight is 142 g/mol. The molecule has 0 saturated heterocycles. The maximum absolute atomic E-state index is 10.8. The molecule has 1 aliphatic heterocycles. The van der Waals surface area contributed by atoms with Gasteiger partial charge in [0.15, 0.2) is 0 Å². The average Bonchev–Trinajstić information content (AvgIpc) is 2.11. The summed E-state index contributed by atoms with van der Waals surface area (Å²) in [5.41, 5.74) is 0.417. The molecular formula is C7H10O3. The van der Waals surface area contributed by atoms with E-state index < -0.39 is 0 Å². The van der Waals surface area contributed by atoms with Crippen LogP contribution >= 0.6 is 0 Å². The molecule has 0 saturated carbocycles. The third kappa shape index (κ3) is 0.988. The Balaban J connectivity index is 2.88. The Morgan fingerprint density at radius 2 is 2.20 bits per heavy atom. The zero-order valence-corrected chi connectivity index (χ0v) is 6.05. The molecule has 0 bridgehead atoms. The van der Waals surface area contributed by atoms with Crippen molar-refractivity contribution >= 4 is 5.97 Å². The zero-order valence-electron chi connectivity index (χ0n) is 6.05. The maximum atomic E-state index is 10.8. The molecule has 56 valence electrons. The number of aliphatic hydroxyl groups excluding tert-OH is 1. The number of esters is 1. The molecule has 1 aliphatic rings. The lowest BCUT2D eigenvalue weighted by Gasteiger charge is -2.00. The number of cyclic esters (lactones) is 1. The van der Waals surface area contributed by atoms with Gasteiger partial charge in [0.05, 0.1) is 5.57 Å². The number of rotatable bonds is 1. The molecular weight excluding hydrogens is 132 g/mol. The molecule has 0 aromatic rings. The van der Waals surface area contributed by atoms with Gasteiger partial charge in [-0.15, -0.1) is 0 Å². The fourth-order valence-corrected chi connectivity index (χ4v) is 0.976. The third-order valence-corrected chi connectivity index (χ3v) is 1.45. The van der Waals surface area contributed by atoms with Crippen LogP contribution in [0.15, 0.2) is 11.3 Å². The molecule has 0 radical (unpaired) electrons. The zero-order chi connectivity index (χ0) is 7.72. The quantitative estimate of drug-likeness (QED) is 0.556. The molecule has 0 aliphatic carbocycles. The van der Waals surface area contributed by atoms with E-state index in [0.29, 0.717) is 5.57 Å². The first-order chi connectivity index (χ1) is 4.63. The van der Waals surface area contributed by atoms with Gasteiger partial charge in [0.25, 0.3) is 0 Å². The predicted octanol–water partition coefficient (Wildman–Crippen LogP) is 1.01. The van der Waals surface area contributed by atoms with Gasteiger partial charge >= 0.3 is 5.97 Å². The molecule has 0 unspecified atom stereocenters. The fraction of sp³-hybridized carbons (Fsp3) is 0.571. The van der Waals surface area contributed by atoms with Crippen LogP contribution in [0.2, 0.25) is 0 Å². The van der Waals surface area contributed by atoms with E-state index in [1.807, 2.05) is 13.8 Å². The van der Waals surface area contributed by atoms with E-state index in [9.17, 15) is 4.79 Å². The van der Waals surface area contributed by atoms with Gasteiger partial charge in [-0.2, -0.15) is 0 Å². The Morgan fingerprint density at radius 1 is 1.60 bits per heavy atom. The molecule has 1 rings (SSSR count). The van der Waals surface area contributed by atoms with Gasteiger partial charge in [-0.25, -0.2) is 4.79 Å². The second kappa shape index (κ2) is 2.33. The van der Waals surface area contributed by atoms with Gasteiger partial charge in [-0.1, -0.05) is 13.8 Å². The van der Waals surface area contributed by atoms with Gasteiger partial charge < -0.3 is 9.84 Å². The van der Waals surface area contributed by atoms with Gasteiger partial charge in [0, 0.05) is 0 Å². The number of ether oxygens (including phenoxy) is 1. The van der Waals surface area contributed by atoms with Crippen molar-refractivity contribution in [2.45, 2.75) is 13.8 Å². The molecule has 3 nitrogen and oxygen atoms in total. The first kappa shape index (κ1) is 7.12. The van der Waals surface area contributed by atoms with Crippen molar-refractivity contribution in [3.63, 3.8) is 0 Å². The van der Waals surface area contributed by atoms with Crippen molar-refractivity contribution in [2.75, 3.05) is 6.61 Å². The summed E-state index contributed by atoms with van der Waals surface area (Å²) in [7, 11) is 0. The van der Waals surface area contributed by atoms with Gasteiger partial charge in [-0.05, 0) is 5.92 Å². The minimum Gasteiger partial charge on any atom is -0.508 e. The standard InChI is InChI=1S/C7H10O3/c1-4(2)6-5(8)3-10-7(6)9/h4,8H,3H2,1-2H3. The second-order valence-electron chi connectivity index (χ2n) is 2.59. The van der Waals surface area contributed by atoms with Crippen molar-refractivity contribution in [2.24, 2.45) is 5.92 Å². The van der Waals surface area contributed by atoms with Crippen molar-refractivity contribution < 1.29 is 14.6 Å². The van der Waals surface area contributed by atoms with Gasteiger partial charge in [0.1, 0.15) is 12.4 Å². The molecule has 0 aromatic carbocycles. The summed E-state index contributed by atoms with van der Waals surface area (Å²) >= 11 is 0. The summed E-state index contributed by atoms with van der Waals surface area (Å²) in [4.78, 5) is 10.8. The fourth-order valence-electron chi connectivity index (χ4n) is 0.976. The lowest BCUT2D eigenvalue weighted by atomic mass is 10.0. The van der Waals surface area contributed by atoms with E-state index in [2.05, 4.69) is 4.74 Å². The van der Waals surface area contributed by atoms with Crippen molar-refractivity contribution in [3.8, 4) is 0 Å². The highest BCUT2D eigenvalue weighted by Gasteiger charge is 2.26. The highest BCUT2D eigenvalue weighted by Crippen LogP contribution is 2.20. The molecule has 3 heteroatoms. The molecule has 1 N–H and O–H groups in total. The summed E-state index contributed by atoms with van der Waals surface area (Å²) in [6.07, 6.45) is 0. The van der Waals surface area contributed by atoms with E-state index in [1.54, 1.807) is 0 Å². The summed E-state index contributed by atoms with van der Waals surface area (Å²) in [5.74, 6) is -0.248. The number of carbonyl (C=O) groups is 1. The highest BCUT2D eigenvalue weighted by atomic mass is 16.5. The van der Waals surface area contributed by atoms with Gasteiger partial charge in [-0.3, -0.25) is 0 Å². The van der Waals surface area contributed by atoms with Crippen LogP contribution in [0.4, 0.5) is 0 Å². The predicted molar refractivity (Wildman–Crippen MR) is 35.5 cm³/mol. The molecule has 0 amide bonds. The summed E-state index contributed by atoms with van der Waals surface area (Å²) in [5, 5.41) is 9.06. The minimum atomic E-state index is -0.382. The topological polar surface area (TPSA) is 46.5 Å².